The Morgan fingerprint density at radius 2 is 1.67 bits per heavy atom. The van der Waals surface area contributed by atoms with Gasteiger partial charge in [0.1, 0.15) is 12.1 Å². The lowest BCUT2D eigenvalue weighted by Crippen LogP contribution is -2.47. The largest absolute Gasteiger partial charge is 0.481 e. The summed E-state index contributed by atoms with van der Waals surface area (Å²) in [7, 11) is 0. The van der Waals surface area contributed by atoms with E-state index in [2.05, 4.69) is 15.7 Å². The number of carboxylic acid groups (broad SMARTS) is 3. The zero-order valence-electron chi connectivity index (χ0n) is 11.4. The molecule has 0 saturated heterocycles. The first-order valence-electron chi connectivity index (χ1n) is 6.26. The summed E-state index contributed by atoms with van der Waals surface area (Å²) >= 11 is 0. The zero-order valence-corrected chi connectivity index (χ0v) is 11.4. The van der Waals surface area contributed by atoms with Gasteiger partial charge in [-0.15, -0.1) is 0 Å². The van der Waals surface area contributed by atoms with Gasteiger partial charge in [-0.2, -0.15) is 0 Å². The van der Waals surface area contributed by atoms with E-state index < -0.39 is 30.0 Å². The number of aliphatic carboxylic acids is 3. The fraction of sp³-hybridized carbons (Fsp3) is 0.636. The highest BCUT2D eigenvalue weighted by molar-refractivity contribution is 5.78. The number of hydrogen-bond donors (Lipinski definition) is 6. The van der Waals surface area contributed by atoms with Crippen molar-refractivity contribution in [2.45, 2.75) is 37.8 Å². The fourth-order valence-electron chi connectivity index (χ4n) is 1.57. The normalized spacial score (nSPS) is 13.8. The molecule has 0 amide bonds. The molecule has 0 spiro atoms. The van der Waals surface area contributed by atoms with E-state index in [1.807, 2.05) is 0 Å². The number of nitrogens with one attached hydrogen (secondary N) is 2. The van der Waals surface area contributed by atoms with Crippen LogP contribution in [-0.4, -0.2) is 58.2 Å². The van der Waals surface area contributed by atoms with Crippen LogP contribution in [-0.2, 0) is 14.4 Å². The molecular weight excluding hydrogens is 284 g/mol. The highest BCUT2D eigenvalue weighted by Crippen LogP contribution is 2.04. The summed E-state index contributed by atoms with van der Waals surface area (Å²) in [4.78, 5) is 36.3. The van der Waals surface area contributed by atoms with Crippen molar-refractivity contribution < 1.29 is 29.7 Å². The quantitative estimate of drug-likeness (QED) is 0.0834. The number of carboxylic acids is 3. The lowest BCUT2D eigenvalue weighted by Gasteiger charge is -2.19. The second-order valence-electron chi connectivity index (χ2n) is 4.22. The maximum atomic E-state index is 11.1. The number of hydrogen-bond acceptors (Lipinski definition) is 6. The van der Waals surface area contributed by atoms with Gasteiger partial charge in [-0.1, -0.05) is 0 Å². The first kappa shape index (κ1) is 18.8. The third-order valence-corrected chi connectivity index (χ3v) is 2.59. The summed E-state index contributed by atoms with van der Waals surface area (Å²) in [5, 5.41) is 29.0. The molecule has 0 aromatic rings. The van der Waals surface area contributed by atoms with E-state index in [1.165, 1.54) is 6.34 Å². The van der Waals surface area contributed by atoms with Gasteiger partial charge in [-0.3, -0.25) is 24.7 Å². The minimum atomic E-state index is -1.28. The predicted molar refractivity (Wildman–Crippen MR) is 72.8 cm³/mol. The Bertz CT molecular complexity index is 387. The standard InChI is InChI=1S/C11H20N4O6/c12-14-6-13-5-1-2-7(10(18)19)15-8(11(20)21)3-4-9(16)17/h6-8,15H,1-5,12H2,(H,13,14)(H,16,17)(H,18,19)(H,20,21)/t7?,8-/m0/s1. The highest BCUT2D eigenvalue weighted by Gasteiger charge is 2.25. The van der Waals surface area contributed by atoms with E-state index in [0.29, 0.717) is 13.0 Å². The second-order valence-corrected chi connectivity index (χ2v) is 4.22. The summed E-state index contributed by atoms with van der Waals surface area (Å²) in [6.45, 7) is 0.336. The lowest BCUT2D eigenvalue weighted by atomic mass is 10.1. The molecule has 0 aliphatic heterocycles. The van der Waals surface area contributed by atoms with Gasteiger partial charge in [0.05, 0.1) is 6.34 Å². The average molecular weight is 304 g/mol. The van der Waals surface area contributed by atoms with Gasteiger partial charge in [0.2, 0.25) is 0 Å². The Kier molecular flexibility index (Phi) is 9.46. The van der Waals surface area contributed by atoms with E-state index in [9.17, 15) is 14.4 Å². The van der Waals surface area contributed by atoms with Crippen molar-refractivity contribution in [3.63, 3.8) is 0 Å². The molecule has 0 fully saturated rings. The first-order valence-corrected chi connectivity index (χ1v) is 6.26. The van der Waals surface area contributed by atoms with Crippen LogP contribution < -0.4 is 16.6 Å². The van der Waals surface area contributed by atoms with Crippen LogP contribution in [0.3, 0.4) is 0 Å². The number of nitrogens with zero attached hydrogens (tertiary/aromatic N) is 1. The van der Waals surface area contributed by atoms with Crippen LogP contribution in [0.5, 0.6) is 0 Å². The molecule has 0 aromatic carbocycles. The molecule has 2 atom stereocenters. The molecule has 0 saturated carbocycles. The van der Waals surface area contributed by atoms with Crippen molar-refractivity contribution in [2.75, 3.05) is 6.54 Å². The Morgan fingerprint density at radius 1 is 1.10 bits per heavy atom. The second kappa shape index (κ2) is 10.6. The summed E-state index contributed by atoms with van der Waals surface area (Å²) in [5.41, 5.74) is 2.20. The van der Waals surface area contributed by atoms with Crippen molar-refractivity contribution in [3.8, 4) is 0 Å². The molecule has 21 heavy (non-hydrogen) atoms. The van der Waals surface area contributed by atoms with E-state index >= 15 is 0 Å². The third-order valence-electron chi connectivity index (χ3n) is 2.59. The number of aliphatic imine (C=N–C) groups is 1. The molecule has 0 rings (SSSR count). The molecule has 0 heterocycles. The van der Waals surface area contributed by atoms with Crippen LogP contribution in [0.15, 0.2) is 4.99 Å². The maximum absolute atomic E-state index is 11.1. The van der Waals surface area contributed by atoms with E-state index in [4.69, 9.17) is 21.2 Å². The Balaban J connectivity index is 4.42. The lowest BCUT2D eigenvalue weighted by molar-refractivity contribution is -0.143. The van der Waals surface area contributed by atoms with Gasteiger partial charge in [0.15, 0.2) is 0 Å². The molecule has 10 nitrogen and oxygen atoms in total. The molecule has 0 aliphatic carbocycles. The number of nitrogens with two attached hydrogens (primary N) is 1. The Hall–Kier alpha value is -2.20. The summed E-state index contributed by atoms with van der Waals surface area (Å²) < 4.78 is 0. The van der Waals surface area contributed by atoms with Crippen LogP contribution in [0.2, 0.25) is 0 Å². The smallest absolute Gasteiger partial charge is 0.320 e. The maximum Gasteiger partial charge on any atom is 0.320 e. The van der Waals surface area contributed by atoms with Gasteiger partial charge in [0.25, 0.3) is 0 Å². The monoisotopic (exact) mass is 304 g/mol. The number of hydrazine groups is 1. The Labute approximate surface area is 121 Å². The van der Waals surface area contributed by atoms with Crippen molar-refractivity contribution in [2.24, 2.45) is 10.8 Å². The molecule has 1 unspecified atom stereocenters. The van der Waals surface area contributed by atoms with Gasteiger partial charge < -0.3 is 20.7 Å². The van der Waals surface area contributed by atoms with Crippen LogP contribution in [0, 0.1) is 0 Å². The van der Waals surface area contributed by atoms with E-state index in [0.717, 1.165) is 0 Å². The number of rotatable bonds is 12. The molecule has 7 N–H and O–H groups in total. The molecule has 120 valence electrons. The minimum absolute atomic E-state index is 0.161. The van der Waals surface area contributed by atoms with Crippen LogP contribution >= 0.6 is 0 Å². The predicted octanol–water partition coefficient (Wildman–Crippen LogP) is -1.38. The molecule has 0 bridgehead atoms. The highest BCUT2D eigenvalue weighted by atomic mass is 16.4. The van der Waals surface area contributed by atoms with Crippen molar-refractivity contribution in [1.29, 1.82) is 0 Å². The topological polar surface area (TPSA) is 174 Å². The first-order chi connectivity index (χ1) is 9.88. The molecule has 0 radical (unpaired) electrons. The van der Waals surface area contributed by atoms with Crippen LogP contribution in [0.4, 0.5) is 0 Å². The molecule has 0 aliphatic rings. The summed E-state index contributed by atoms with van der Waals surface area (Å²) in [6.07, 6.45) is 1.28. The van der Waals surface area contributed by atoms with E-state index in [1.54, 1.807) is 0 Å². The van der Waals surface area contributed by atoms with Gasteiger partial charge in [-0.05, 0) is 19.3 Å². The van der Waals surface area contributed by atoms with E-state index in [-0.39, 0.29) is 19.3 Å². The third kappa shape index (κ3) is 9.35. The van der Waals surface area contributed by atoms with Crippen molar-refractivity contribution >= 4 is 24.2 Å². The van der Waals surface area contributed by atoms with Gasteiger partial charge >= 0.3 is 17.9 Å². The average Bonchev–Trinajstić information content (AvgIpc) is 2.39. The van der Waals surface area contributed by atoms with Gasteiger partial charge in [-0.25, -0.2) is 5.84 Å². The molecule has 0 aromatic heterocycles. The van der Waals surface area contributed by atoms with Gasteiger partial charge in [0, 0.05) is 13.0 Å². The minimum Gasteiger partial charge on any atom is -0.481 e. The SMILES string of the molecule is NNC=NCCCC(N[C@@H](CCC(=O)O)C(=O)O)C(=O)O. The fourth-order valence-corrected chi connectivity index (χ4v) is 1.57. The van der Waals surface area contributed by atoms with Crippen LogP contribution in [0.25, 0.3) is 0 Å². The molecule has 10 heteroatoms. The summed E-state index contributed by atoms with van der Waals surface area (Å²) in [6, 6.07) is -2.31. The number of carbonyl (C=O) groups is 3. The molecular formula is C11H20N4O6. The zero-order chi connectivity index (χ0) is 16.3. The Morgan fingerprint density at radius 3 is 2.14 bits per heavy atom. The summed E-state index contributed by atoms with van der Waals surface area (Å²) in [5.74, 6) is 1.34. The van der Waals surface area contributed by atoms with Crippen molar-refractivity contribution in [3.05, 3.63) is 0 Å². The van der Waals surface area contributed by atoms with Crippen LogP contribution in [0.1, 0.15) is 25.7 Å². The van der Waals surface area contributed by atoms with Crippen molar-refractivity contribution in [1.82, 2.24) is 10.7 Å².